The fraction of sp³-hybridized carbons (Fsp3) is 0.478. The summed E-state index contributed by atoms with van der Waals surface area (Å²) in [5.41, 5.74) is 2.37. The minimum absolute atomic E-state index is 0.107. The molecule has 4 nitrogen and oxygen atoms in total. The second kappa shape index (κ2) is 10.3. The van der Waals surface area contributed by atoms with Gasteiger partial charge in [0.25, 0.3) is 0 Å². The number of hydrogen-bond donors (Lipinski definition) is 0. The molecular formula is C23H32O4. The topological polar surface area (TPSA) is 36.9 Å². The van der Waals surface area contributed by atoms with E-state index in [1.54, 1.807) is 7.11 Å². The van der Waals surface area contributed by atoms with E-state index in [-0.39, 0.29) is 11.5 Å². The fourth-order valence-electron chi connectivity index (χ4n) is 2.79. The van der Waals surface area contributed by atoms with Gasteiger partial charge in [-0.05, 0) is 49.2 Å². The number of hydrogen-bond acceptors (Lipinski definition) is 4. The number of benzene rings is 2. The average Bonchev–Trinajstić information content (AvgIpc) is 2.66. The van der Waals surface area contributed by atoms with E-state index in [1.165, 1.54) is 11.1 Å². The molecule has 0 heterocycles. The Kier molecular flexibility index (Phi) is 8.14. The Balaban J connectivity index is 1.96. The summed E-state index contributed by atoms with van der Waals surface area (Å²) in [6.45, 7) is 10.8. The standard InChI is InChI=1S/C23H32O4/c1-18(2)25-16-17-27-22-12-8-20(9-13-22)23(3,4)19-6-10-21(11-7-19)26-15-14-24-5/h6-13,18H,14-17H2,1-5H3. The Labute approximate surface area is 163 Å². The molecule has 0 amide bonds. The zero-order valence-corrected chi connectivity index (χ0v) is 17.2. The van der Waals surface area contributed by atoms with Crippen LogP contribution in [-0.4, -0.2) is 39.6 Å². The lowest BCUT2D eigenvalue weighted by Crippen LogP contribution is -2.18. The van der Waals surface area contributed by atoms with Crippen molar-refractivity contribution in [1.29, 1.82) is 0 Å². The molecule has 0 bridgehead atoms. The van der Waals surface area contributed by atoms with Gasteiger partial charge < -0.3 is 18.9 Å². The van der Waals surface area contributed by atoms with Crippen molar-refractivity contribution in [3.63, 3.8) is 0 Å². The number of methoxy groups -OCH3 is 1. The molecule has 148 valence electrons. The first kappa shape index (κ1) is 21.3. The summed E-state index contributed by atoms with van der Waals surface area (Å²) in [6, 6.07) is 16.6. The second-order valence-electron chi connectivity index (χ2n) is 7.28. The van der Waals surface area contributed by atoms with Gasteiger partial charge in [-0.1, -0.05) is 38.1 Å². The maximum atomic E-state index is 5.74. The lowest BCUT2D eigenvalue weighted by atomic mass is 9.78. The third kappa shape index (κ3) is 6.56. The maximum Gasteiger partial charge on any atom is 0.119 e. The summed E-state index contributed by atoms with van der Waals surface area (Å²) in [7, 11) is 1.67. The molecule has 0 saturated heterocycles. The predicted molar refractivity (Wildman–Crippen MR) is 109 cm³/mol. The van der Waals surface area contributed by atoms with E-state index in [4.69, 9.17) is 18.9 Å². The molecular weight excluding hydrogens is 340 g/mol. The third-order valence-electron chi connectivity index (χ3n) is 4.51. The highest BCUT2D eigenvalue weighted by atomic mass is 16.5. The quantitative estimate of drug-likeness (QED) is 0.529. The molecule has 0 atom stereocenters. The van der Waals surface area contributed by atoms with Crippen LogP contribution in [0.2, 0.25) is 0 Å². The zero-order valence-electron chi connectivity index (χ0n) is 17.2. The van der Waals surface area contributed by atoms with E-state index >= 15 is 0 Å². The highest BCUT2D eigenvalue weighted by Crippen LogP contribution is 2.33. The van der Waals surface area contributed by atoms with E-state index in [1.807, 2.05) is 38.1 Å². The Bertz CT molecular complexity index is 660. The Morgan fingerprint density at radius 3 is 1.56 bits per heavy atom. The molecule has 0 fully saturated rings. The van der Waals surface area contributed by atoms with Crippen molar-refractivity contribution in [2.75, 3.05) is 33.5 Å². The van der Waals surface area contributed by atoms with Crippen LogP contribution < -0.4 is 9.47 Å². The molecule has 0 aliphatic carbocycles. The molecule has 0 unspecified atom stereocenters. The van der Waals surface area contributed by atoms with Crippen molar-refractivity contribution in [3.05, 3.63) is 59.7 Å². The minimum Gasteiger partial charge on any atom is -0.491 e. The van der Waals surface area contributed by atoms with E-state index < -0.39 is 0 Å². The molecule has 0 aliphatic heterocycles. The zero-order chi connectivity index (χ0) is 19.7. The first-order chi connectivity index (χ1) is 12.9. The Hall–Kier alpha value is -2.04. The lowest BCUT2D eigenvalue weighted by Gasteiger charge is -2.26. The van der Waals surface area contributed by atoms with Crippen LogP contribution in [-0.2, 0) is 14.9 Å². The second-order valence-corrected chi connectivity index (χ2v) is 7.28. The molecule has 0 aromatic heterocycles. The van der Waals surface area contributed by atoms with Gasteiger partial charge in [-0.2, -0.15) is 0 Å². The maximum absolute atomic E-state index is 5.74. The smallest absolute Gasteiger partial charge is 0.119 e. The molecule has 0 aliphatic rings. The van der Waals surface area contributed by atoms with Gasteiger partial charge in [-0.3, -0.25) is 0 Å². The van der Waals surface area contributed by atoms with Crippen LogP contribution in [0, 0.1) is 0 Å². The lowest BCUT2D eigenvalue weighted by molar-refractivity contribution is 0.0552. The largest absolute Gasteiger partial charge is 0.491 e. The normalized spacial score (nSPS) is 11.6. The molecule has 27 heavy (non-hydrogen) atoms. The first-order valence-corrected chi connectivity index (χ1v) is 9.50. The molecule has 4 heteroatoms. The van der Waals surface area contributed by atoms with Crippen LogP contribution in [0.15, 0.2) is 48.5 Å². The molecule has 0 radical (unpaired) electrons. The average molecular weight is 373 g/mol. The summed E-state index contributed by atoms with van der Waals surface area (Å²) in [5.74, 6) is 1.72. The summed E-state index contributed by atoms with van der Waals surface area (Å²) >= 11 is 0. The van der Waals surface area contributed by atoms with Crippen LogP contribution in [0.3, 0.4) is 0 Å². The van der Waals surface area contributed by atoms with Crippen molar-refractivity contribution in [2.45, 2.75) is 39.2 Å². The van der Waals surface area contributed by atoms with E-state index in [9.17, 15) is 0 Å². The first-order valence-electron chi connectivity index (χ1n) is 9.50. The summed E-state index contributed by atoms with van der Waals surface area (Å²) < 4.78 is 21.9. The van der Waals surface area contributed by atoms with Crippen LogP contribution in [0.25, 0.3) is 0 Å². The van der Waals surface area contributed by atoms with Gasteiger partial charge in [0.05, 0.1) is 19.3 Å². The van der Waals surface area contributed by atoms with Gasteiger partial charge >= 0.3 is 0 Å². The van der Waals surface area contributed by atoms with E-state index in [0.29, 0.717) is 26.4 Å². The summed E-state index contributed by atoms with van der Waals surface area (Å²) in [4.78, 5) is 0. The third-order valence-corrected chi connectivity index (χ3v) is 4.51. The van der Waals surface area contributed by atoms with Crippen LogP contribution in [0.5, 0.6) is 11.5 Å². The van der Waals surface area contributed by atoms with Crippen molar-refractivity contribution >= 4 is 0 Å². The van der Waals surface area contributed by atoms with Crippen molar-refractivity contribution < 1.29 is 18.9 Å². The van der Waals surface area contributed by atoms with E-state index in [2.05, 4.69) is 38.1 Å². The predicted octanol–water partition coefficient (Wildman–Crippen LogP) is 4.84. The van der Waals surface area contributed by atoms with Gasteiger partial charge in [-0.25, -0.2) is 0 Å². The Morgan fingerprint density at radius 2 is 1.15 bits per heavy atom. The van der Waals surface area contributed by atoms with Gasteiger partial charge in [0.15, 0.2) is 0 Å². The molecule has 0 N–H and O–H groups in total. The molecule has 2 rings (SSSR count). The van der Waals surface area contributed by atoms with Crippen molar-refractivity contribution in [2.24, 2.45) is 0 Å². The number of rotatable bonds is 11. The van der Waals surface area contributed by atoms with Gasteiger partial charge in [0, 0.05) is 12.5 Å². The monoisotopic (exact) mass is 372 g/mol. The van der Waals surface area contributed by atoms with Gasteiger partial charge in [-0.15, -0.1) is 0 Å². The van der Waals surface area contributed by atoms with Crippen LogP contribution >= 0.6 is 0 Å². The minimum atomic E-state index is -0.107. The van der Waals surface area contributed by atoms with Crippen LogP contribution in [0.4, 0.5) is 0 Å². The molecule has 2 aromatic rings. The highest BCUT2D eigenvalue weighted by molar-refractivity contribution is 5.41. The Morgan fingerprint density at radius 1 is 0.704 bits per heavy atom. The number of ether oxygens (including phenoxy) is 4. The van der Waals surface area contributed by atoms with Crippen LogP contribution in [0.1, 0.15) is 38.8 Å². The molecule has 0 saturated carbocycles. The fourth-order valence-corrected chi connectivity index (χ4v) is 2.79. The van der Waals surface area contributed by atoms with Gasteiger partial charge in [0.1, 0.15) is 24.7 Å². The molecule has 0 spiro atoms. The van der Waals surface area contributed by atoms with E-state index in [0.717, 1.165) is 11.5 Å². The molecule has 2 aromatic carbocycles. The van der Waals surface area contributed by atoms with Crippen molar-refractivity contribution in [1.82, 2.24) is 0 Å². The van der Waals surface area contributed by atoms with Crippen molar-refractivity contribution in [3.8, 4) is 11.5 Å². The summed E-state index contributed by atoms with van der Waals surface area (Å²) in [6.07, 6.45) is 0.230. The highest BCUT2D eigenvalue weighted by Gasteiger charge is 2.23. The van der Waals surface area contributed by atoms with Gasteiger partial charge in [0.2, 0.25) is 0 Å². The SMILES string of the molecule is COCCOc1ccc(C(C)(C)c2ccc(OCCOC(C)C)cc2)cc1. The summed E-state index contributed by atoms with van der Waals surface area (Å²) in [5, 5.41) is 0.